The monoisotopic (exact) mass is 883 g/mol. The molecular formula is C44H57F4N7O6Si. The summed E-state index contributed by atoms with van der Waals surface area (Å²) in [6, 6.07) is 13.6. The van der Waals surface area contributed by atoms with E-state index >= 15 is 0 Å². The molecule has 18 heteroatoms. The fraction of sp³-hybridized carbons (Fsp3) is 0.568. The molecule has 2 fully saturated rings. The van der Waals surface area contributed by atoms with Gasteiger partial charge >= 0.3 is 24.4 Å². The van der Waals surface area contributed by atoms with Gasteiger partial charge in [-0.3, -0.25) is 4.90 Å². The van der Waals surface area contributed by atoms with Crippen molar-refractivity contribution in [2.75, 3.05) is 49.1 Å². The predicted octanol–water partition coefficient (Wildman–Crippen LogP) is 8.72. The Morgan fingerprint density at radius 2 is 1.61 bits per heavy atom. The van der Waals surface area contributed by atoms with Crippen molar-refractivity contribution in [1.82, 2.24) is 19.8 Å². The normalized spacial score (nSPS) is 19.8. The van der Waals surface area contributed by atoms with Crippen LogP contribution in [0.3, 0.4) is 0 Å². The lowest BCUT2D eigenvalue weighted by Crippen LogP contribution is -2.55. The minimum absolute atomic E-state index is 0.00142. The summed E-state index contributed by atoms with van der Waals surface area (Å²) in [5.41, 5.74) is -0.575. The van der Waals surface area contributed by atoms with Gasteiger partial charge in [0.05, 0.1) is 48.6 Å². The first-order valence-electron chi connectivity index (χ1n) is 20.9. The van der Waals surface area contributed by atoms with Crippen molar-refractivity contribution in [2.24, 2.45) is 0 Å². The van der Waals surface area contributed by atoms with Gasteiger partial charge in [0.25, 0.3) is 0 Å². The van der Waals surface area contributed by atoms with E-state index in [0.29, 0.717) is 30.0 Å². The predicted molar refractivity (Wildman–Crippen MR) is 227 cm³/mol. The van der Waals surface area contributed by atoms with E-state index in [-0.39, 0.29) is 81.6 Å². The molecule has 3 aromatic rings. The molecule has 2 amide bonds. The maximum Gasteiger partial charge on any atom is 0.421 e. The number of hydrogen-bond donors (Lipinski definition) is 0. The number of amides is 2. The van der Waals surface area contributed by atoms with Crippen molar-refractivity contribution in [3.05, 3.63) is 76.7 Å². The maximum absolute atomic E-state index is 14.8. The molecule has 6 rings (SSSR count). The van der Waals surface area contributed by atoms with Crippen molar-refractivity contribution in [3.63, 3.8) is 0 Å². The highest BCUT2D eigenvalue weighted by Crippen LogP contribution is 2.42. The highest BCUT2D eigenvalue weighted by Gasteiger charge is 2.45. The van der Waals surface area contributed by atoms with Gasteiger partial charge in [0, 0.05) is 38.3 Å². The van der Waals surface area contributed by atoms with E-state index in [1.165, 1.54) is 21.9 Å². The molecule has 0 saturated carbocycles. The highest BCUT2D eigenvalue weighted by molar-refractivity contribution is 6.74. The summed E-state index contributed by atoms with van der Waals surface area (Å²) in [7, 11) is -2.24. The van der Waals surface area contributed by atoms with E-state index < -0.39 is 55.7 Å². The van der Waals surface area contributed by atoms with Crippen LogP contribution < -0.4 is 14.5 Å². The third kappa shape index (κ3) is 10.9. The van der Waals surface area contributed by atoms with E-state index in [9.17, 15) is 32.4 Å². The molecule has 4 heterocycles. The molecule has 3 aliphatic heterocycles. The fourth-order valence-corrected chi connectivity index (χ4v) is 9.13. The van der Waals surface area contributed by atoms with E-state index in [1.54, 1.807) is 25.7 Å². The zero-order valence-corrected chi connectivity index (χ0v) is 37.7. The van der Waals surface area contributed by atoms with Gasteiger partial charge in [-0.05, 0) is 69.4 Å². The van der Waals surface area contributed by atoms with Crippen LogP contribution in [0.1, 0.15) is 76.8 Å². The Bertz CT molecular complexity index is 2130. The van der Waals surface area contributed by atoms with E-state index in [2.05, 4.69) is 39.9 Å². The molecule has 62 heavy (non-hydrogen) atoms. The van der Waals surface area contributed by atoms with E-state index in [0.717, 1.165) is 11.6 Å². The number of nitrogens with zero attached hydrogens (tertiary/aromatic N) is 7. The number of alkyl halides is 3. The number of carbonyl (C=O) groups is 2. The van der Waals surface area contributed by atoms with Gasteiger partial charge in [-0.25, -0.2) is 14.0 Å². The minimum Gasteiger partial charge on any atom is -0.461 e. The third-order valence-corrected chi connectivity index (χ3v) is 16.4. The van der Waals surface area contributed by atoms with E-state index in [4.69, 9.17) is 28.6 Å². The summed E-state index contributed by atoms with van der Waals surface area (Å²) >= 11 is 0. The molecule has 1 unspecified atom stereocenters. The Labute approximate surface area is 362 Å². The molecule has 3 aliphatic rings. The fourth-order valence-electron chi connectivity index (χ4n) is 7.77. The summed E-state index contributed by atoms with van der Waals surface area (Å²) in [5.74, 6) is -0.923. The molecular weight excluding hydrogens is 827 g/mol. The summed E-state index contributed by atoms with van der Waals surface area (Å²) in [6.07, 6.45) is -5.64. The number of nitriles is 1. The second kappa shape index (κ2) is 18.3. The first-order valence-corrected chi connectivity index (χ1v) is 23.9. The number of aromatic nitrogens is 2. The van der Waals surface area contributed by atoms with Gasteiger partial charge in [-0.15, -0.1) is 0 Å². The maximum atomic E-state index is 14.8. The zero-order chi connectivity index (χ0) is 45.2. The van der Waals surface area contributed by atoms with Crippen molar-refractivity contribution >= 4 is 32.0 Å². The largest absolute Gasteiger partial charge is 0.461 e. The number of likely N-dealkylation sites (tertiary alicyclic amines) is 1. The Hall–Kier alpha value is -5.15. The summed E-state index contributed by atoms with van der Waals surface area (Å²) < 4.78 is 82.0. The molecule has 0 N–H and O–H groups in total. The second-order valence-corrected chi connectivity index (χ2v) is 23.3. The smallest absolute Gasteiger partial charge is 0.421 e. The van der Waals surface area contributed by atoms with Gasteiger partial charge in [-0.2, -0.15) is 28.4 Å². The molecule has 0 spiro atoms. The number of piperazine rings is 1. The quantitative estimate of drug-likeness (QED) is 0.143. The minimum atomic E-state index is -4.95. The number of fused-ring (bicyclic) bond motifs is 1. The second-order valence-electron chi connectivity index (χ2n) is 18.6. The number of hydrogen-bond acceptors (Lipinski definition) is 11. The molecule has 1 aromatic heterocycles. The Morgan fingerprint density at radius 3 is 2.27 bits per heavy atom. The summed E-state index contributed by atoms with van der Waals surface area (Å²) in [4.78, 5) is 43.1. The average molecular weight is 884 g/mol. The molecule has 13 nitrogen and oxygen atoms in total. The number of halogens is 4. The van der Waals surface area contributed by atoms with Crippen molar-refractivity contribution < 1.29 is 45.8 Å². The molecule has 3 atom stereocenters. The summed E-state index contributed by atoms with van der Waals surface area (Å²) in [5, 5.41) is 9.75. The Morgan fingerprint density at radius 1 is 0.887 bits per heavy atom. The number of benzene rings is 2. The van der Waals surface area contributed by atoms with Crippen LogP contribution in [0.4, 0.5) is 38.7 Å². The van der Waals surface area contributed by atoms with Gasteiger partial charge < -0.3 is 33.3 Å². The zero-order valence-electron chi connectivity index (χ0n) is 36.7. The van der Waals surface area contributed by atoms with Gasteiger partial charge in [0.1, 0.15) is 36.0 Å². The van der Waals surface area contributed by atoms with Crippen LogP contribution in [0, 0.1) is 17.1 Å². The molecule has 0 bridgehead atoms. The molecule has 0 aliphatic carbocycles. The number of anilines is 2. The van der Waals surface area contributed by atoms with Crippen molar-refractivity contribution in [3.8, 4) is 12.1 Å². The van der Waals surface area contributed by atoms with Crippen molar-refractivity contribution in [1.29, 1.82) is 5.26 Å². The molecule has 2 saturated heterocycles. The molecule has 0 radical (unpaired) electrons. The van der Waals surface area contributed by atoms with Crippen LogP contribution in [0.2, 0.25) is 18.1 Å². The standard InChI is InChI=1S/C44H57F4N7O6Si/c1-42(2,3)60-41(57)55-25-32(61-62(7,8)43(4,5)6)23-31(55)28-58-39-50-35-26-52(36-16-12-15-34(45)37(36)44(46,47)48)20-18-33(35)38(51-39)53-21-22-54(30(24-53)17-19-49)40(56)59-27-29-13-10-9-11-14-29/h9-16,30-32H,17-18,20-28H2,1-8H3/t30?,31-,32+/m1/s1. The lowest BCUT2D eigenvalue weighted by atomic mass is 10.0. The molecule has 336 valence electrons. The molecule has 2 aromatic carbocycles. The van der Waals surface area contributed by atoms with Crippen LogP contribution in [0.25, 0.3) is 0 Å². The number of carbonyl (C=O) groups excluding carboxylic acids is 2. The lowest BCUT2D eigenvalue weighted by molar-refractivity contribution is -0.139. The topological polar surface area (TPSA) is 134 Å². The van der Waals surface area contributed by atoms with E-state index in [1.807, 2.05) is 35.2 Å². The Balaban J connectivity index is 1.30. The van der Waals surface area contributed by atoms with Crippen LogP contribution >= 0.6 is 0 Å². The average Bonchev–Trinajstić information content (AvgIpc) is 3.59. The highest BCUT2D eigenvalue weighted by atomic mass is 28.4. The van der Waals surface area contributed by atoms with Gasteiger partial charge in [-0.1, -0.05) is 57.2 Å². The van der Waals surface area contributed by atoms with Crippen molar-refractivity contribution in [2.45, 2.75) is 122 Å². The van der Waals surface area contributed by atoms with Crippen LogP contribution in [0.5, 0.6) is 6.01 Å². The SMILES string of the molecule is CC(C)(C)OC(=O)N1C[C@@H](O[Si](C)(C)C(C)(C)C)C[C@@H]1COc1nc2c(c(N3CCN(C(=O)OCc4ccccc4)C(CC#N)C3)n1)CCN(c1cccc(F)c1C(F)(F)F)C2. The van der Waals surface area contributed by atoms with Gasteiger partial charge in [0.15, 0.2) is 8.32 Å². The van der Waals surface area contributed by atoms with Gasteiger partial charge in [0.2, 0.25) is 0 Å². The third-order valence-electron chi connectivity index (χ3n) is 11.9. The van der Waals surface area contributed by atoms with Crippen LogP contribution in [-0.4, -0.2) is 103 Å². The van der Waals surface area contributed by atoms with Crippen LogP contribution in [0.15, 0.2) is 48.5 Å². The summed E-state index contributed by atoms with van der Waals surface area (Å²) in [6.45, 7) is 17.1. The lowest BCUT2D eigenvalue weighted by Gasteiger charge is -2.42. The number of rotatable bonds is 10. The Kier molecular flexibility index (Phi) is 13.7. The van der Waals surface area contributed by atoms with Crippen LogP contribution in [-0.2, 0) is 39.6 Å². The number of ether oxygens (including phenoxy) is 3. The first-order chi connectivity index (χ1) is 29.0. The first kappa shape index (κ1) is 46.4.